The number of fused-ring (bicyclic) bond motifs is 1. The maximum atomic E-state index is 12.5. The van der Waals surface area contributed by atoms with Crippen LogP contribution in [-0.4, -0.2) is 42.3 Å². The fraction of sp³-hybridized carbons (Fsp3) is 0.400. The number of carbonyl (C=O) groups excluding carboxylic acids is 3. The molecule has 0 fully saturated rings. The van der Waals surface area contributed by atoms with E-state index in [4.69, 9.17) is 4.74 Å². The van der Waals surface area contributed by atoms with Gasteiger partial charge in [-0.3, -0.25) is 19.3 Å². The van der Waals surface area contributed by atoms with Gasteiger partial charge in [-0.15, -0.1) is 0 Å². The van der Waals surface area contributed by atoms with Crippen LogP contribution >= 0.6 is 0 Å². The molecule has 0 saturated heterocycles. The number of nitrogens with one attached hydrogen (secondary N) is 1. The molecule has 0 radical (unpaired) electrons. The van der Waals surface area contributed by atoms with Gasteiger partial charge in [-0.2, -0.15) is 0 Å². The van der Waals surface area contributed by atoms with Gasteiger partial charge < -0.3 is 10.1 Å². The Kier molecular flexibility index (Phi) is 7.82. The van der Waals surface area contributed by atoms with E-state index in [0.29, 0.717) is 24.1 Å². The third kappa shape index (κ3) is 5.94. The number of carbonyl (C=O) groups is 3. The molecule has 0 atom stereocenters. The van der Waals surface area contributed by atoms with E-state index in [1.165, 1.54) is 4.90 Å². The van der Waals surface area contributed by atoms with Crippen LogP contribution in [-0.2, 0) is 11.2 Å². The zero-order valence-corrected chi connectivity index (χ0v) is 18.3. The van der Waals surface area contributed by atoms with Crippen LogP contribution in [0.5, 0.6) is 5.75 Å². The zero-order valence-electron chi connectivity index (χ0n) is 18.3. The number of hydrogen-bond acceptors (Lipinski definition) is 4. The molecule has 0 saturated carbocycles. The van der Waals surface area contributed by atoms with Crippen molar-refractivity contribution in [2.75, 3.05) is 19.7 Å². The molecule has 1 heterocycles. The molecule has 3 rings (SSSR count). The summed E-state index contributed by atoms with van der Waals surface area (Å²) in [6.45, 7) is 5.54. The van der Waals surface area contributed by atoms with Crippen molar-refractivity contribution in [3.63, 3.8) is 0 Å². The van der Waals surface area contributed by atoms with Crippen molar-refractivity contribution in [2.24, 2.45) is 0 Å². The average molecular weight is 423 g/mol. The first-order valence-electron chi connectivity index (χ1n) is 10.9. The molecule has 6 nitrogen and oxygen atoms in total. The number of benzene rings is 2. The van der Waals surface area contributed by atoms with Gasteiger partial charge in [0, 0.05) is 19.5 Å². The van der Waals surface area contributed by atoms with Gasteiger partial charge in [-0.05, 0) is 56.0 Å². The van der Waals surface area contributed by atoms with E-state index in [9.17, 15) is 14.4 Å². The molecule has 0 aliphatic carbocycles. The Bertz CT molecular complexity index is 937. The summed E-state index contributed by atoms with van der Waals surface area (Å²) in [6.07, 6.45) is 3.60. The summed E-state index contributed by atoms with van der Waals surface area (Å²) in [5.74, 6) is 0.241. The molecular weight excluding hydrogens is 392 g/mol. The normalized spacial score (nSPS) is 12.8. The third-order valence-electron chi connectivity index (χ3n) is 5.34. The van der Waals surface area contributed by atoms with Crippen molar-refractivity contribution in [1.29, 1.82) is 0 Å². The number of hydrogen-bond donors (Lipinski definition) is 1. The molecule has 31 heavy (non-hydrogen) atoms. The molecule has 1 N–H and O–H groups in total. The number of amides is 3. The Balaban J connectivity index is 1.36. The number of rotatable bonds is 11. The smallest absolute Gasteiger partial charge is 0.261 e. The standard InChI is InChI=1S/C25H30N2O4/c1-3-4-16-31-20-10-8-19(9-11-20)13-14-26-23(28)6-5-15-27-24(29)21-12-7-18(2)17-22(21)25(27)30/h7-12,17H,3-6,13-16H2,1-2H3,(H,26,28). The van der Waals surface area contributed by atoms with E-state index in [1.807, 2.05) is 37.3 Å². The van der Waals surface area contributed by atoms with Crippen LogP contribution in [0.2, 0.25) is 0 Å². The summed E-state index contributed by atoms with van der Waals surface area (Å²) in [5.41, 5.74) is 2.97. The summed E-state index contributed by atoms with van der Waals surface area (Å²) >= 11 is 0. The lowest BCUT2D eigenvalue weighted by Gasteiger charge is -2.13. The quantitative estimate of drug-likeness (QED) is 0.440. The molecule has 1 aliphatic rings. The number of aryl methyl sites for hydroxylation is 1. The Morgan fingerprint density at radius 3 is 2.48 bits per heavy atom. The van der Waals surface area contributed by atoms with Crippen molar-refractivity contribution in [3.05, 3.63) is 64.7 Å². The zero-order chi connectivity index (χ0) is 22.2. The SMILES string of the molecule is CCCCOc1ccc(CCNC(=O)CCCN2C(=O)c3ccc(C)cc3C2=O)cc1. The summed E-state index contributed by atoms with van der Waals surface area (Å²) in [7, 11) is 0. The molecule has 164 valence electrons. The second-order valence-electron chi connectivity index (χ2n) is 7.86. The van der Waals surface area contributed by atoms with Crippen molar-refractivity contribution in [2.45, 2.75) is 46.0 Å². The van der Waals surface area contributed by atoms with E-state index in [-0.39, 0.29) is 30.7 Å². The lowest BCUT2D eigenvalue weighted by atomic mass is 10.1. The van der Waals surface area contributed by atoms with Crippen molar-refractivity contribution in [1.82, 2.24) is 10.2 Å². The van der Waals surface area contributed by atoms with E-state index < -0.39 is 0 Å². The molecule has 0 unspecified atom stereocenters. The largest absolute Gasteiger partial charge is 0.494 e. The van der Waals surface area contributed by atoms with Crippen LogP contribution in [0, 0.1) is 6.92 Å². The second-order valence-corrected chi connectivity index (χ2v) is 7.86. The fourth-order valence-electron chi connectivity index (χ4n) is 3.53. The molecule has 0 aromatic heterocycles. The highest BCUT2D eigenvalue weighted by molar-refractivity contribution is 6.21. The molecular formula is C25H30N2O4. The fourth-order valence-corrected chi connectivity index (χ4v) is 3.53. The molecule has 6 heteroatoms. The van der Waals surface area contributed by atoms with Gasteiger partial charge in [0.05, 0.1) is 17.7 Å². The van der Waals surface area contributed by atoms with Gasteiger partial charge in [0.15, 0.2) is 0 Å². The highest BCUT2D eigenvalue weighted by Gasteiger charge is 2.34. The number of nitrogens with zero attached hydrogens (tertiary/aromatic N) is 1. The summed E-state index contributed by atoms with van der Waals surface area (Å²) in [5, 5.41) is 2.90. The monoisotopic (exact) mass is 422 g/mol. The minimum absolute atomic E-state index is 0.0769. The first kappa shape index (κ1) is 22.5. The van der Waals surface area contributed by atoms with E-state index >= 15 is 0 Å². The molecule has 3 amide bonds. The maximum Gasteiger partial charge on any atom is 0.261 e. The Morgan fingerprint density at radius 1 is 1.00 bits per heavy atom. The third-order valence-corrected chi connectivity index (χ3v) is 5.34. The molecule has 2 aromatic rings. The number of ether oxygens (including phenoxy) is 1. The van der Waals surface area contributed by atoms with E-state index in [2.05, 4.69) is 12.2 Å². The van der Waals surface area contributed by atoms with Gasteiger partial charge in [0.25, 0.3) is 11.8 Å². The Morgan fingerprint density at radius 2 is 1.74 bits per heavy atom. The van der Waals surface area contributed by atoms with Gasteiger partial charge in [-0.25, -0.2) is 0 Å². The van der Waals surface area contributed by atoms with Gasteiger partial charge in [0.2, 0.25) is 5.91 Å². The van der Waals surface area contributed by atoms with Crippen LogP contribution in [0.15, 0.2) is 42.5 Å². The first-order valence-corrected chi connectivity index (χ1v) is 10.9. The van der Waals surface area contributed by atoms with E-state index in [0.717, 1.165) is 42.7 Å². The summed E-state index contributed by atoms with van der Waals surface area (Å²) in [4.78, 5) is 38.2. The lowest BCUT2D eigenvalue weighted by molar-refractivity contribution is -0.121. The number of unbranched alkanes of at least 4 members (excludes halogenated alkanes) is 1. The Labute approximate surface area is 183 Å². The molecule has 0 spiro atoms. The van der Waals surface area contributed by atoms with Crippen LogP contribution in [0.4, 0.5) is 0 Å². The number of imide groups is 1. The minimum Gasteiger partial charge on any atom is -0.494 e. The van der Waals surface area contributed by atoms with Gasteiger partial charge in [0.1, 0.15) is 5.75 Å². The first-order chi connectivity index (χ1) is 15.0. The van der Waals surface area contributed by atoms with Crippen molar-refractivity contribution in [3.8, 4) is 5.75 Å². The molecule has 2 aromatic carbocycles. The average Bonchev–Trinajstić information content (AvgIpc) is 2.99. The van der Waals surface area contributed by atoms with Gasteiger partial charge in [-0.1, -0.05) is 37.1 Å². The van der Waals surface area contributed by atoms with Crippen molar-refractivity contribution >= 4 is 17.7 Å². The second kappa shape index (κ2) is 10.8. The van der Waals surface area contributed by atoms with E-state index in [1.54, 1.807) is 12.1 Å². The van der Waals surface area contributed by atoms with Crippen LogP contribution in [0.25, 0.3) is 0 Å². The highest BCUT2D eigenvalue weighted by Crippen LogP contribution is 2.24. The van der Waals surface area contributed by atoms with Crippen LogP contribution < -0.4 is 10.1 Å². The van der Waals surface area contributed by atoms with Crippen molar-refractivity contribution < 1.29 is 19.1 Å². The topological polar surface area (TPSA) is 75.7 Å². The summed E-state index contributed by atoms with van der Waals surface area (Å²) in [6, 6.07) is 13.2. The predicted octanol–water partition coefficient (Wildman–Crippen LogP) is 3.91. The summed E-state index contributed by atoms with van der Waals surface area (Å²) < 4.78 is 5.65. The molecule has 1 aliphatic heterocycles. The minimum atomic E-state index is -0.275. The van der Waals surface area contributed by atoms with Gasteiger partial charge >= 0.3 is 0 Å². The maximum absolute atomic E-state index is 12.5. The van der Waals surface area contributed by atoms with Crippen LogP contribution in [0.3, 0.4) is 0 Å². The Hall–Kier alpha value is -3.15. The van der Waals surface area contributed by atoms with Crippen LogP contribution in [0.1, 0.15) is 64.4 Å². The predicted molar refractivity (Wildman–Crippen MR) is 119 cm³/mol. The lowest BCUT2D eigenvalue weighted by Crippen LogP contribution is -2.32. The highest BCUT2D eigenvalue weighted by atomic mass is 16.5. The molecule has 0 bridgehead atoms.